The topological polar surface area (TPSA) is 154 Å². The van der Waals surface area contributed by atoms with Crippen LogP contribution in [0.2, 0.25) is 0 Å². The van der Waals surface area contributed by atoms with E-state index in [1.54, 1.807) is 6.92 Å². The molecule has 22 heavy (non-hydrogen) atoms. The number of carbonyl (C=O) groups excluding carboxylic acids is 3. The average Bonchev–Trinajstić information content (AvgIpc) is 2.39. The fraction of sp³-hybridized carbons (Fsp3) is 0.667. The van der Waals surface area contributed by atoms with E-state index in [0.29, 0.717) is 6.42 Å². The molecule has 9 nitrogen and oxygen atoms in total. The molecule has 0 aromatic rings. The molecule has 0 aromatic carbocycles. The van der Waals surface area contributed by atoms with E-state index in [2.05, 4.69) is 20.9 Å². The molecule has 4 N–H and O–H groups in total. The minimum Gasteiger partial charge on any atom is -0.846 e. The van der Waals surface area contributed by atoms with Crippen LogP contribution in [0.1, 0.15) is 40.0 Å². The number of rotatable bonds is 4. The second kappa shape index (κ2) is 10.5. The van der Waals surface area contributed by atoms with Gasteiger partial charge in [0.1, 0.15) is 5.41 Å². The first-order valence-electron chi connectivity index (χ1n) is 6.48. The SMILES string of the molecule is CCCC(C)C1(CC)C(=O)N=C([O-])NC1=O.NC(=O)OO.[Na+]. The molecule has 0 fully saturated rings. The first kappa shape index (κ1) is 23.1. The van der Waals surface area contributed by atoms with E-state index in [-0.39, 0.29) is 35.5 Å². The van der Waals surface area contributed by atoms with Crippen LogP contribution in [0.15, 0.2) is 4.99 Å². The number of aliphatic imine (C=N–C) groups is 1. The van der Waals surface area contributed by atoms with E-state index in [1.807, 2.05) is 13.8 Å². The van der Waals surface area contributed by atoms with Gasteiger partial charge in [0.2, 0.25) is 5.91 Å². The second-order valence-corrected chi connectivity index (χ2v) is 4.60. The average molecular weight is 325 g/mol. The van der Waals surface area contributed by atoms with Crippen LogP contribution in [0.4, 0.5) is 4.79 Å². The summed E-state index contributed by atoms with van der Waals surface area (Å²) in [5.74, 6) is -1.20. The van der Waals surface area contributed by atoms with Crippen molar-refractivity contribution in [3.05, 3.63) is 0 Å². The molecule has 3 amide bonds. The summed E-state index contributed by atoms with van der Waals surface area (Å²) in [6.45, 7) is 5.62. The summed E-state index contributed by atoms with van der Waals surface area (Å²) < 4.78 is 0. The number of carbonyl (C=O) groups is 3. The van der Waals surface area contributed by atoms with E-state index < -0.39 is 29.3 Å². The van der Waals surface area contributed by atoms with Crippen LogP contribution < -0.4 is 45.7 Å². The van der Waals surface area contributed by atoms with Crippen LogP contribution in [-0.2, 0) is 14.5 Å². The largest absolute Gasteiger partial charge is 1.00 e. The van der Waals surface area contributed by atoms with Gasteiger partial charge in [0.05, 0.1) is 6.02 Å². The van der Waals surface area contributed by atoms with Gasteiger partial charge < -0.3 is 16.2 Å². The van der Waals surface area contributed by atoms with E-state index in [9.17, 15) is 14.7 Å². The number of nitrogens with two attached hydrogens (primary N) is 1. The van der Waals surface area contributed by atoms with Gasteiger partial charge in [0, 0.05) is 0 Å². The van der Waals surface area contributed by atoms with Crippen LogP contribution in [0.25, 0.3) is 0 Å². The zero-order chi connectivity index (χ0) is 16.6. The molecule has 0 saturated carbocycles. The molecule has 0 aromatic heterocycles. The molecule has 10 heteroatoms. The summed E-state index contributed by atoms with van der Waals surface area (Å²) in [7, 11) is 0. The molecular formula is C12H20N3NaO6. The predicted molar refractivity (Wildman–Crippen MR) is 70.7 cm³/mol. The number of hydrogen-bond acceptors (Lipinski definition) is 6. The standard InChI is InChI=1S/C11H18N2O3.CH3NO3.Na/c1-4-6-7(3)11(5-2)8(14)12-10(16)13-9(11)15;2-1(3)5-4;/h7H,4-6H2,1-3H3,(H2,12,13,14,15,16);4H,(H2,2,3);/q;;+1/p-1. The van der Waals surface area contributed by atoms with Crippen molar-refractivity contribution in [2.24, 2.45) is 22.1 Å². The Bertz CT molecular complexity index is 443. The molecule has 0 aliphatic carbocycles. The molecule has 1 rings (SSSR count). The number of nitrogens with zero attached hydrogens (tertiary/aromatic N) is 1. The van der Waals surface area contributed by atoms with Gasteiger partial charge in [-0.15, -0.1) is 0 Å². The van der Waals surface area contributed by atoms with Crippen LogP contribution in [0.3, 0.4) is 0 Å². The van der Waals surface area contributed by atoms with Crippen LogP contribution in [-0.4, -0.2) is 29.2 Å². The minimum atomic E-state index is -1.19. The molecule has 0 saturated heterocycles. The quantitative estimate of drug-likeness (QED) is 0.213. The van der Waals surface area contributed by atoms with Crippen molar-refractivity contribution in [2.45, 2.75) is 40.0 Å². The van der Waals surface area contributed by atoms with Crippen LogP contribution >= 0.6 is 0 Å². The number of hydrogen-bond donors (Lipinski definition) is 3. The van der Waals surface area contributed by atoms with E-state index in [4.69, 9.17) is 10.1 Å². The number of nitrogens with one attached hydrogen (secondary N) is 1. The first-order chi connectivity index (χ1) is 9.75. The third-order valence-corrected chi connectivity index (χ3v) is 3.42. The van der Waals surface area contributed by atoms with Crippen LogP contribution in [0.5, 0.6) is 0 Å². The van der Waals surface area contributed by atoms with Crippen molar-refractivity contribution < 1.29 is 59.2 Å². The van der Waals surface area contributed by atoms with Gasteiger partial charge in [-0.1, -0.05) is 27.2 Å². The maximum absolute atomic E-state index is 11.9. The van der Waals surface area contributed by atoms with Gasteiger partial charge in [-0.2, -0.15) is 5.26 Å². The van der Waals surface area contributed by atoms with Crippen molar-refractivity contribution in [3.63, 3.8) is 0 Å². The van der Waals surface area contributed by atoms with E-state index >= 15 is 0 Å². The summed E-state index contributed by atoms with van der Waals surface area (Å²) in [5.41, 5.74) is 3.03. The normalized spacial score (nSPS) is 21.4. The Morgan fingerprint density at radius 3 is 2.32 bits per heavy atom. The molecule has 1 aliphatic heterocycles. The van der Waals surface area contributed by atoms with Crippen molar-refractivity contribution in [1.82, 2.24) is 5.32 Å². The zero-order valence-electron chi connectivity index (χ0n) is 13.2. The summed E-state index contributed by atoms with van der Waals surface area (Å²) in [5, 5.41) is 20.2. The van der Waals surface area contributed by atoms with Gasteiger partial charge in [0.15, 0.2) is 0 Å². The van der Waals surface area contributed by atoms with Crippen molar-refractivity contribution in [2.75, 3.05) is 0 Å². The summed E-state index contributed by atoms with van der Waals surface area (Å²) in [6.07, 6.45) is 0.828. The second-order valence-electron chi connectivity index (χ2n) is 4.60. The Morgan fingerprint density at radius 2 is 2.00 bits per heavy atom. The molecule has 0 radical (unpaired) electrons. The summed E-state index contributed by atoms with van der Waals surface area (Å²) >= 11 is 0. The Labute approximate surface area is 150 Å². The number of amidine groups is 1. The summed E-state index contributed by atoms with van der Waals surface area (Å²) in [6, 6.07) is -0.845. The molecule has 2 unspecified atom stereocenters. The Kier molecular flexibility index (Phi) is 11.1. The molecule has 2 atom stereocenters. The van der Waals surface area contributed by atoms with Gasteiger partial charge in [-0.05, 0) is 18.8 Å². The predicted octanol–water partition coefficient (Wildman–Crippen LogP) is -3.25. The monoisotopic (exact) mass is 325 g/mol. The van der Waals surface area contributed by atoms with Gasteiger partial charge >= 0.3 is 35.7 Å². The molecule has 120 valence electrons. The Balaban J connectivity index is 0. The van der Waals surface area contributed by atoms with E-state index in [1.165, 1.54) is 0 Å². The van der Waals surface area contributed by atoms with Crippen molar-refractivity contribution >= 4 is 23.9 Å². The van der Waals surface area contributed by atoms with Crippen molar-refractivity contribution in [3.8, 4) is 0 Å². The smallest absolute Gasteiger partial charge is 0.846 e. The van der Waals surface area contributed by atoms with E-state index in [0.717, 1.165) is 12.8 Å². The van der Waals surface area contributed by atoms with Gasteiger partial charge in [-0.3, -0.25) is 14.5 Å². The van der Waals surface area contributed by atoms with Gasteiger partial charge in [-0.25, -0.2) is 9.79 Å². The molecular weight excluding hydrogens is 305 g/mol. The van der Waals surface area contributed by atoms with Crippen molar-refractivity contribution in [1.29, 1.82) is 0 Å². The molecule has 1 heterocycles. The molecule has 1 aliphatic rings. The third kappa shape index (κ3) is 5.56. The molecule has 0 bridgehead atoms. The molecule has 0 spiro atoms. The fourth-order valence-corrected chi connectivity index (χ4v) is 2.30. The maximum Gasteiger partial charge on any atom is 1.00 e. The maximum atomic E-state index is 11.9. The zero-order valence-corrected chi connectivity index (χ0v) is 15.2. The summed E-state index contributed by atoms with van der Waals surface area (Å²) in [4.78, 5) is 39.1. The Morgan fingerprint density at radius 1 is 1.50 bits per heavy atom. The van der Waals surface area contributed by atoms with Gasteiger partial charge in [0.25, 0.3) is 5.91 Å². The minimum absolute atomic E-state index is 0. The van der Waals surface area contributed by atoms with Crippen LogP contribution in [0, 0.1) is 11.3 Å². The fourth-order valence-electron chi connectivity index (χ4n) is 2.30. The third-order valence-electron chi connectivity index (χ3n) is 3.42. The Hall–Kier alpha value is -1.16. The number of amides is 3. The number of primary amides is 1. The first-order valence-corrected chi connectivity index (χ1v) is 6.48.